The van der Waals surface area contributed by atoms with E-state index in [0.717, 1.165) is 23.1 Å². The van der Waals surface area contributed by atoms with Crippen molar-refractivity contribution in [3.05, 3.63) is 48.5 Å². The number of rotatable bonds is 3. The molecule has 0 N–H and O–H groups in total. The van der Waals surface area contributed by atoms with Gasteiger partial charge in [-0.1, -0.05) is 35.6 Å². The van der Waals surface area contributed by atoms with Gasteiger partial charge in [-0.15, -0.1) is 10.5 Å². The molecule has 1 aliphatic rings. The molecule has 1 atom stereocenters. The van der Waals surface area contributed by atoms with Crippen molar-refractivity contribution < 1.29 is 0 Å². The van der Waals surface area contributed by atoms with Gasteiger partial charge in [0.05, 0.1) is 21.8 Å². The molecule has 2 heterocycles. The van der Waals surface area contributed by atoms with Crippen LogP contribution in [0.4, 0.5) is 10.8 Å². The maximum absolute atomic E-state index is 4.55. The summed E-state index contributed by atoms with van der Waals surface area (Å²) in [5.41, 5.74) is 2.39. The molecule has 5 heteroatoms. The monoisotopic (exact) mass is 339 g/mol. The third-order valence-electron chi connectivity index (χ3n) is 3.86. The molecule has 1 unspecified atom stereocenters. The van der Waals surface area contributed by atoms with Gasteiger partial charge in [0.15, 0.2) is 0 Å². The molecule has 4 rings (SSSR count). The van der Waals surface area contributed by atoms with Gasteiger partial charge in [0.1, 0.15) is 0 Å². The molecule has 1 aliphatic heterocycles. The quantitative estimate of drug-likeness (QED) is 0.500. The summed E-state index contributed by atoms with van der Waals surface area (Å²) < 4.78 is 1.19. The molecular formula is C18H17N3S2. The number of anilines is 1. The molecule has 0 aliphatic carbocycles. The first-order valence-corrected chi connectivity index (χ1v) is 9.89. The highest BCUT2D eigenvalue weighted by molar-refractivity contribution is 8.16. The van der Waals surface area contributed by atoms with Crippen LogP contribution in [0.3, 0.4) is 0 Å². The van der Waals surface area contributed by atoms with Crippen LogP contribution in [0, 0.1) is 0 Å². The minimum atomic E-state index is 0.105. The summed E-state index contributed by atoms with van der Waals surface area (Å²) in [4.78, 5) is 12.9. The van der Waals surface area contributed by atoms with E-state index in [2.05, 4.69) is 57.5 Å². The summed E-state index contributed by atoms with van der Waals surface area (Å²) in [5.74, 6) is 1.06. The number of hydrogen-bond donors (Lipinski definition) is 0. The van der Waals surface area contributed by atoms with Gasteiger partial charge in [-0.05, 0) is 36.6 Å². The number of thiazole rings is 1. The summed E-state index contributed by atoms with van der Waals surface area (Å²) in [5, 5.41) is 3.05. The van der Waals surface area contributed by atoms with Gasteiger partial charge in [-0.25, -0.2) is 9.98 Å². The van der Waals surface area contributed by atoms with Crippen LogP contribution in [0.15, 0.2) is 58.4 Å². The van der Waals surface area contributed by atoms with Crippen molar-refractivity contribution in [3.8, 4) is 0 Å². The maximum Gasteiger partial charge on any atom is 0.210 e. The Morgan fingerprint density at radius 1 is 1.22 bits per heavy atom. The molecule has 3 nitrogen and oxygen atoms in total. The fraction of sp³-hybridized carbons (Fsp3) is 0.167. The van der Waals surface area contributed by atoms with E-state index < -0.39 is 0 Å². The number of nitrogens with zero attached hydrogens (tertiary/aromatic N) is 3. The van der Waals surface area contributed by atoms with Crippen LogP contribution < -0.4 is 4.90 Å². The summed E-state index contributed by atoms with van der Waals surface area (Å²) in [6.07, 6.45) is 1.93. The topological polar surface area (TPSA) is 28.5 Å². The highest BCUT2D eigenvalue weighted by atomic mass is 32.2. The lowest BCUT2D eigenvalue weighted by atomic mass is 10.3. The Balaban J connectivity index is 1.61. The molecule has 1 aromatic heterocycles. The zero-order chi connectivity index (χ0) is 15.6. The molecule has 3 aromatic rings. The van der Waals surface area contributed by atoms with Crippen molar-refractivity contribution in [3.63, 3.8) is 0 Å². The van der Waals surface area contributed by atoms with E-state index in [1.807, 2.05) is 24.4 Å². The van der Waals surface area contributed by atoms with Crippen LogP contribution in [0.1, 0.15) is 6.92 Å². The van der Waals surface area contributed by atoms with Gasteiger partial charge in [0.2, 0.25) is 5.13 Å². The Morgan fingerprint density at radius 3 is 2.91 bits per heavy atom. The Bertz CT molecular complexity index is 878. The Labute approximate surface area is 142 Å². The molecule has 0 amide bonds. The highest BCUT2D eigenvalue weighted by Crippen LogP contribution is 2.42. The molecule has 0 bridgehead atoms. The Kier molecular flexibility index (Phi) is 3.97. The van der Waals surface area contributed by atoms with Crippen LogP contribution in [-0.2, 0) is 0 Å². The van der Waals surface area contributed by atoms with Crippen LogP contribution in [0.2, 0.25) is 0 Å². The summed E-state index contributed by atoms with van der Waals surface area (Å²) >= 11 is 1.63. The minimum absolute atomic E-state index is 0.105. The van der Waals surface area contributed by atoms with Gasteiger partial charge in [0, 0.05) is 17.7 Å². The van der Waals surface area contributed by atoms with Crippen molar-refractivity contribution in [2.45, 2.75) is 11.8 Å². The number of benzene rings is 2. The van der Waals surface area contributed by atoms with E-state index in [1.165, 1.54) is 15.3 Å². The number of fused-ring (bicyclic) bond motifs is 2. The zero-order valence-corrected chi connectivity index (χ0v) is 14.5. The first kappa shape index (κ1) is 14.6. The zero-order valence-electron chi connectivity index (χ0n) is 12.8. The predicted molar refractivity (Wildman–Crippen MR) is 104 cm³/mol. The molecule has 0 spiro atoms. The van der Waals surface area contributed by atoms with Gasteiger partial charge in [-0.3, -0.25) is 0 Å². The fourth-order valence-corrected chi connectivity index (χ4v) is 5.48. The van der Waals surface area contributed by atoms with Crippen LogP contribution in [0.5, 0.6) is 0 Å². The lowest BCUT2D eigenvalue weighted by Crippen LogP contribution is -2.18. The molecule has 0 saturated carbocycles. The average molecular weight is 339 g/mol. The Morgan fingerprint density at radius 2 is 2.04 bits per heavy atom. The molecule has 0 fully saturated rings. The normalized spacial score (nSPS) is 17.4. The lowest BCUT2D eigenvalue weighted by molar-refractivity contribution is 0.951. The fourth-order valence-electron chi connectivity index (χ4n) is 2.71. The smallest absolute Gasteiger partial charge is 0.210 e. The summed E-state index contributed by atoms with van der Waals surface area (Å²) in [6.45, 7) is 3.25. The van der Waals surface area contributed by atoms with Crippen molar-refractivity contribution in [1.29, 1.82) is 0 Å². The number of hydrogen-bond acceptors (Lipinski definition) is 4. The van der Waals surface area contributed by atoms with E-state index in [-0.39, 0.29) is 10.5 Å². The second-order valence-electron chi connectivity index (χ2n) is 5.26. The molecule has 0 radical (unpaired) electrons. The van der Waals surface area contributed by atoms with E-state index in [1.54, 1.807) is 11.3 Å². The first-order chi connectivity index (χ1) is 11.3. The van der Waals surface area contributed by atoms with Crippen molar-refractivity contribution >= 4 is 54.4 Å². The van der Waals surface area contributed by atoms with Gasteiger partial charge < -0.3 is 4.90 Å². The number of aliphatic imine (C=N–C) groups is 1. The van der Waals surface area contributed by atoms with E-state index in [0.29, 0.717) is 0 Å². The Hall–Kier alpha value is -1.98. The molecule has 116 valence electrons. The third kappa shape index (κ3) is 2.82. The third-order valence-corrected chi connectivity index (χ3v) is 6.75. The van der Waals surface area contributed by atoms with E-state index in [4.69, 9.17) is 0 Å². The minimum Gasteiger partial charge on any atom is -0.362 e. The van der Waals surface area contributed by atoms with Gasteiger partial charge in [0.25, 0.3) is 0 Å². The number of para-hydroxylation sites is 2. The lowest BCUT2D eigenvalue weighted by Gasteiger charge is -2.14. The van der Waals surface area contributed by atoms with Gasteiger partial charge in [-0.2, -0.15) is 0 Å². The predicted octanol–water partition coefficient (Wildman–Crippen LogP) is 4.93. The van der Waals surface area contributed by atoms with E-state index >= 15 is 0 Å². The van der Waals surface area contributed by atoms with Gasteiger partial charge >= 0.3 is 0 Å². The second kappa shape index (κ2) is 6.26. The number of aromatic nitrogens is 1. The molecular weight excluding hydrogens is 322 g/mol. The SMILES string of the molecule is CCN1CS(=CC=Nc2nc3ccccc3s2)c2ccccc21. The van der Waals surface area contributed by atoms with Crippen LogP contribution in [-0.4, -0.2) is 29.0 Å². The standard InChI is InChI=1S/C18H17N3S2/c1-2-21-13-23(17-10-6-4-8-15(17)21)12-11-19-18-20-14-7-3-5-9-16(14)22-18/h3-12H,2,13H2,1H3. The maximum atomic E-state index is 4.55. The second-order valence-corrected chi connectivity index (χ2v) is 8.10. The van der Waals surface area contributed by atoms with Crippen molar-refractivity contribution in [2.24, 2.45) is 4.99 Å². The van der Waals surface area contributed by atoms with Crippen LogP contribution >= 0.6 is 21.8 Å². The highest BCUT2D eigenvalue weighted by Gasteiger charge is 2.19. The molecule has 23 heavy (non-hydrogen) atoms. The first-order valence-electron chi connectivity index (χ1n) is 7.62. The van der Waals surface area contributed by atoms with E-state index in [9.17, 15) is 0 Å². The largest absolute Gasteiger partial charge is 0.362 e. The molecule has 2 aromatic carbocycles. The summed E-state index contributed by atoms with van der Waals surface area (Å²) in [6, 6.07) is 16.8. The summed E-state index contributed by atoms with van der Waals surface area (Å²) in [7, 11) is 0.105. The van der Waals surface area contributed by atoms with Crippen molar-refractivity contribution in [1.82, 2.24) is 4.98 Å². The average Bonchev–Trinajstić information content (AvgIpc) is 3.16. The molecule has 0 saturated heterocycles. The van der Waals surface area contributed by atoms with Crippen molar-refractivity contribution in [2.75, 3.05) is 17.3 Å². The van der Waals surface area contributed by atoms with Crippen LogP contribution in [0.25, 0.3) is 10.2 Å².